The van der Waals surface area contributed by atoms with Gasteiger partial charge < -0.3 is 9.67 Å². The summed E-state index contributed by atoms with van der Waals surface area (Å²) < 4.78 is 1.81. The predicted molar refractivity (Wildman–Crippen MR) is 56.7 cm³/mol. The third kappa shape index (κ3) is 2.59. The van der Waals surface area contributed by atoms with Crippen molar-refractivity contribution in [2.45, 2.75) is 25.5 Å². The molecule has 0 saturated carbocycles. The maximum absolute atomic E-state index is 11.3. The van der Waals surface area contributed by atoms with Gasteiger partial charge in [-0.3, -0.25) is 4.79 Å². The lowest BCUT2D eigenvalue weighted by Crippen LogP contribution is -2.18. The van der Waals surface area contributed by atoms with Gasteiger partial charge in [0.2, 0.25) is 0 Å². The summed E-state index contributed by atoms with van der Waals surface area (Å²) in [7, 11) is 0. The van der Waals surface area contributed by atoms with Gasteiger partial charge in [-0.2, -0.15) is 4.98 Å². The number of aromatic nitrogens is 2. The molecule has 0 radical (unpaired) electrons. The van der Waals surface area contributed by atoms with Crippen LogP contribution in [0.4, 0.5) is 0 Å². The summed E-state index contributed by atoms with van der Waals surface area (Å²) in [5, 5.41) is 9.51. The zero-order chi connectivity index (χ0) is 10.6. The summed E-state index contributed by atoms with van der Waals surface area (Å²) >= 11 is 1.51. The first-order chi connectivity index (χ1) is 6.69. The van der Waals surface area contributed by atoms with Gasteiger partial charge >= 0.3 is 0 Å². The van der Waals surface area contributed by atoms with Crippen LogP contribution >= 0.6 is 11.8 Å². The van der Waals surface area contributed by atoms with Gasteiger partial charge in [0.1, 0.15) is 0 Å². The van der Waals surface area contributed by atoms with Crippen molar-refractivity contribution in [2.24, 2.45) is 0 Å². The number of hydrogen-bond acceptors (Lipinski definition) is 4. The van der Waals surface area contributed by atoms with Crippen LogP contribution < -0.4 is 5.56 Å². The van der Waals surface area contributed by atoms with E-state index in [1.54, 1.807) is 13.1 Å². The van der Waals surface area contributed by atoms with E-state index in [1.165, 1.54) is 11.8 Å². The molecule has 0 bridgehead atoms. The maximum Gasteiger partial charge on any atom is 0.276 e. The molecule has 0 aliphatic heterocycles. The van der Waals surface area contributed by atoms with Gasteiger partial charge in [-0.25, -0.2) is 0 Å². The fraction of sp³-hybridized carbons (Fsp3) is 0.556. The molecule has 0 aromatic carbocycles. The molecule has 1 aromatic heterocycles. The van der Waals surface area contributed by atoms with Gasteiger partial charge in [-0.05, 0) is 12.7 Å². The van der Waals surface area contributed by atoms with Gasteiger partial charge in [0.15, 0.2) is 5.16 Å². The Hall–Kier alpha value is -0.810. The topological polar surface area (TPSA) is 55.1 Å². The zero-order valence-electron chi connectivity index (χ0n) is 8.36. The lowest BCUT2D eigenvalue weighted by molar-refractivity contribution is 0.269. The van der Waals surface area contributed by atoms with E-state index < -0.39 is 0 Å². The van der Waals surface area contributed by atoms with E-state index >= 15 is 0 Å². The van der Waals surface area contributed by atoms with Gasteiger partial charge in [-0.15, -0.1) is 0 Å². The van der Waals surface area contributed by atoms with E-state index in [0.29, 0.717) is 17.3 Å². The molecule has 1 heterocycles. The molecule has 1 rings (SSSR count). The van der Waals surface area contributed by atoms with E-state index in [2.05, 4.69) is 4.98 Å². The van der Waals surface area contributed by atoms with Crippen LogP contribution in [0, 0.1) is 6.92 Å². The minimum Gasteiger partial charge on any atom is -0.395 e. The van der Waals surface area contributed by atoms with Gasteiger partial charge in [0.05, 0.1) is 6.61 Å². The smallest absolute Gasteiger partial charge is 0.276 e. The molecule has 1 aromatic rings. The summed E-state index contributed by atoms with van der Waals surface area (Å²) in [5.74, 6) is 0.862. The standard InChI is InChI=1S/C9H14N2O2S/c1-3-14-9-10-8(13)7(2)6-11(9)4-5-12/h6,12H,3-5H2,1-2H3. The Morgan fingerprint density at radius 3 is 2.93 bits per heavy atom. The van der Waals surface area contributed by atoms with Gasteiger partial charge in [0.25, 0.3) is 5.56 Å². The fourth-order valence-electron chi connectivity index (χ4n) is 1.10. The van der Waals surface area contributed by atoms with Crippen LogP contribution in [0.2, 0.25) is 0 Å². The fourth-order valence-corrected chi connectivity index (χ4v) is 1.81. The molecule has 78 valence electrons. The molecule has 4 nitrogen and oxygen atoms in total. The lowest BCUT2D eigenvalue weighted by atomic mass is 10.4. The largest absolute Gasteiger partial charge is 0.395 e. The molecule has 0 spiro atoms. The number of hydrogen-bond donors (Lipinski definition) is 1. The van der Waals surface area contributed by atoms with E-state index in [-0.39, 0.29) is 12.2 Å². The van der Waals surface area contributed by atoms with E-state index in [0.717, 1.165) is 5.75 Å². The van der Waals surface area contributed by atoms with Gasteiger partial charge in [-0.1, -0.05) is 18.7 Å². The summed E-state index contributed by atoms with van der Waals surface area (Å²) in [4.78, 5) is 15.2. The summed E-state index contributed by atoms with van der Waals surface area (Å²) in [6, 6.07) is 0. The Labute approximate surface area is 87.0 Å². The SMILES string of the molecule is CCSc1nc(=O)c(C)cn1CCO. The summed E-state index contributed by atoms with van der Waals surface area (Å²) in [5.41, 5.74) is 0.425. The van der Waals surface area contributed by atoms with Crippen molar-refractivity contribution >= 4 is 11.8 Å². The Bertz CT molecular complexity index is 362. The van der Waals surface area contributed by atoms with E-state index in [9.17, 15) is 4.79 Å². The molecule has 0 aliphatic carbocycles. The van der Waals surface area contributed by atoms with E-state index in [4.69, 9.17) is 5.11 Å². The van der Waals surface area contributed by atoms with Crippen molar-refractivity contribution in [3.05, 3.63) is 22.1 Å². The van der Waals surface area contributed by atoms with Crippen LogP contribution in [0.25, 0.3) is 0 Å². The second-order valence-electron chi connectivity index (χ2n) is 2.86. The minimum absolute atomic E-state index is 0.0568. The Kier molecular flexibility index (Phi) is 4.16. The average Bonchev–Trinajstić information content (AvgIpc) is 2.14. The summed E-state index contributed by atoms with van der Waals surface area (Å²) in [6.07, 6.45) is 1.74. The predicted octanol–water partition coefficient (Wildman–Crippen LogP) is 0.656. The lowest BCUT2D eigenvalue weighted by Gasteiger charge is -2.10. The molecule has 0 amide bonds. The van der Waals surface area contributed by atoms with Gasteiger partial charge in [0, 0.05) is 18.3 Å². The number of rotatable bonds is 4. The minimum atomic E-state index is -0.185. The number of aryl methyl sites for hydroxylation is 1. The number of aliphatic hydroxyl groups excluding tert-OH is 1. The highest BCUT2D eigenvalue weighted by Gasteiger charge is 2.04. The zero-order valence-corrected chi connectivity index (χ0v) is 9.17. The first-order valence-electron chi connectivity index (χ1n) is 4.50. The Morgan fingerprint density at radius 2 is 2.36 bits per heavy atom. The molecule has 5 heteroatoms. The molecule has 0 saturated heterocycles. The van der Waals surface area contributed by atoms with E-state index in [1.807, 2.05) is 11.5 Å². The van der Waals surface area contributed by atoms with Crippen LogP contribution in [-0.2, 0) is 6.54 Å². The molecule has 0 unspecified atom stereocenters. The highest BCUT2D eigenvalue weighted by molar-refractivity contribution is 7.99. The van der Waals surface area contributed by atoms with Crippen molar-refractivity contribution in [1.29, 1.82) is 0 Å². The second-order valence-corrected chi connectivity index (χ2v) is 4.09. The molecular formula is C9H14N2O2S. The van der Waals surface area contributed by atoms with Crippen molar-refractivity contribution in [2.75, 3.05) is 12.4 Å². The van der Waals surface area contributed by atoms with Crippen molar-refractivity contribution in [3.63, 3.8) is 0 Å². The van der Waals surface area contributed by atoms with Crippen LogP contribution in [0.15, 0.2) is 16.1 Å². The molecule has 0 atom stereocenters. The third-order valence-corrected chi connectivity index (χ3v) is 2.62. The molecule has 14 heavy (non-hydrogen) atoms. The number of aliphatic hydroxyl groups is 1. The normalized spacial score (nSPS) is 10.5. The average molecular weight is 214 g/mol. The van der Waals surface area contributed by atoms with Crippen LogP contribution in [0.3, 0.4) is 0 Å². The summed E-state index contributed by atoms with van der Waals surface area (Å²) in [6.45, 7) is 4.27. The maximum atomic E-state index is 11.3. The van der Waals surface area contributed by atoms with Crippen LogP contribution in [0.5, 0.6) is 0 Å². The molecule has 0 aliphatic rings. The Balaban J connectivity index is 3.10. The second kappa shape index (κ2) is 5.17. The molecule has 0 fully saturated rings. The molecular weight excluding hydrogens is 200 g/mol. The van der Waals surface area contributed by atoms with Crippen molar-refractivity contribution < 1.29 is 5.11 Å². The number of thioether (sulfide) groups is 1. The van der Waals surface area contributed by atoms with Crippen LogP contribution in [-0.4, -0.2) is 27.0 Å². The number of nitrogens with zero attached hydrogens (tertiary/aromatic N) is 2. The quantitative estimate of drug-likeness (QED) is 0.591. The highest BCUT2D eigenvalue weighted by atomic mass is 32.2. The monoisotopic (exact) mass is 214 g/mol. The Morgan fingerprint density at radius 1 is 1.64 bits per heavy atom. The van der Waals surface area contributed by atoms with Crippen molar-refractivity contribution in [3.8, 4) is 0 Å². The highest BCUT2D eigenvalue weighted by Crippen LogP contribution is 2.13. The third-order valence-electron chi connectivity index (χ3n) is 1.74. The first-order valence-corrected chi connectivity index (χ1v) is 5.49. The molecule has 1 N–H and O–H groups in total. The first kappa shape index (κ1) is 11.3. The van der Waals surface area contributed by atoms with Crippen molar-refractivity contribution in [1.82, 2.24) is 9.55 Å². The van der Waals surface area contributed by atoms with Crippen LogP contribution in [0.1, 0.15) is 12.5 Å².